The molecule has 0 bridgehead atoms. The van der Waals surface area contributed by atoms with Crippen LogP contribution in [0.3, 0.4) is 0 Å². The van der Waals surface area contributed by atoms with E-state index in [4.69, 9.17) is 4.42 Å². The molecule has 0 unspecified atom stereocenters. The van der Waals surface area contributed by atoms with Crippen LogP contribution in [0.15, 0.2) is 47.1 Å². The Labute approximate surface area is 219 Å². The third-order valence-electron chi connectivity index (χ3n) is 7.02. The molecule has 11 nitrogen and oxygen atoms in total. The molecule has 198 valence electrons. The number of carbonyl (C=O) groups excluding carboxylic acids is 2. The zero-order valence-corrected chi connectivity index (χ0v) is 21.7. The molecule has 1 aliphatic heterocycles. The number of likely N-dealkylation sites (tertiary alicyclic amines) is 1. The fourth-order valence-electron chi connectivity index (χ4n) is 4.76. The molecular formula is C27H31N7O4. The lowest BCUT2D eigenvalue weighted by Gasteiger charge is -2.31. The smallest absolute Gasteiger partial charge is 0.294 e. The van der Waals surface area contributed by atoms with Crippen LogP contribution >= 0.6 is 0 Å². The third-order valence-corrected chi connectivity index (χ3v) is 7.02. The number of hydrogen-bond acceptors (Lipinski definition) is 8. The fourth-order valence-corrected chi connectivity index (χ4v) is 4.76. The van der Waals surface area contributed by atoms with E-state index in [2.05, 4.69) is 44.6 Å². The number of rotatable bonds is 8. The maximum atomic E-state index is 13.1. The number of hydrogen-bond donors (Lipinski definition) is 3. The standard InChI is InChI=1S/C27H31N7O4/c1-17-21(14-19(15-28-17)29-24(36)8-11-33-10-4-9-27(33,2)3)30-26(37)25-32-31-23-13-18(7-12-34(23)25)22-6-5-20(16-35)38-22/h5-7,12-15,35H,4,8-11,16H2,1-3H3,(H,29,36)(H,30,37). The van der Waals surface area contributed by atoms with Gasteiger partial charge in [0.15, 0.2) is 5.65 Å². The van der Waals surface area contributed by atoms with Gasteiger partial charge in [-0.15, -0.1) is 10.2 Å². The Hall–Kier alpha value is -4.09. The van der Waals surface area contributed by atoms with E-state index in [0.717, 1.165) is 24.9 Å². The SMILES string of the molecule is Cc1ncc(NC(=O)CCN2CCCC2(C)C)cc1NC(=O)c1nnc2cc(-c3ccc(CO)o3)ccn12. The van der Waals surface area contributed by atoms with Gasteiger partial charge in [0.05, 0.1) is 23.3 Å². The average molecular weight is 518 g/mol. The summed E-state index contributed by atoms with van der Waals surface area (Å²) in [6.07, 6.45) is 5.93. The van der Waals surface area contributed by atoms with E-state index in [9.17, 15) is 14.7 Å². The summed E-state index contributed by atoms with van der Waals surface area (Å²) in [5.74, 6) is 0.576. The van der Waals surface area contributed by atoms with Gasteiger partial charge in [-0.2, -0.15) is 0 Å². The normalized spacial score (nSPS) is 15.2. The second kappa shape index (κ2) is 10.3. The van der Waals surface area contributed by atoms with E-state index in [1.165, 1.54) is 0 Å². The lowest BCUT2D eigenvalue weighted by Crippen LogP contribution is -2.39. The number of nitrogens with zero attached hydrogens (tertiary/aromatic N) is 5. The van der Waals surface area contributed by atoms with Crippen molar-refractivity contribution < 1.29 is 19.1 Å². The molecule has 0 aliphatic carbocycles. The highest BCUT2D eigenvalue weighted by Gasteiger charge is 2.31. The maximum absolute atomic E-state index is 13.1. The van der Waals surface area contributed by atoms with E-state index in [1.54, 1.807) is 54.0 Å². The minimum atomic E-state index is -0.463. The number of furan rings is 1. The quantitative estimate of drug-likeness (QED) is 0.322. The number of pyridine rings is 2. The Morgan fingerprint density at radius 2 is 2.00 bits per heavy atom. The molecule has 0 atom stereocenters. The predicted octanol–water partition coefficient (Wildman–Crippen LogP) is 3.64. The molecule has 1 fully saturated rings. The van der Waals surface area contributed by atoms with E-state index in [0.29, 0.717) is 47.2 Å². The first kappa shape index (κ1) is 25.6. The van der Waals surface area contributed by atoms with Crippen LogP contribution < -0.4 is 10.6 Å². The van der Waals surface area contributed by atoms with Gasteiger partial charge in [0.25, 0.3) is 5.91 Å². The molecule has 0 aromatic carbocycles. The predicted molar refractivity (Wildman–Crippen MR) is 142 cm³/mol. The molecule has 0 radical (unpaired) electrons. The number of nitrogens with one attached hydrogen (secondary N) is 2. The molecule has 1 saturated heterocycles. The summed E-state index contributed by atoms with van der Waals surface area (Å²) in [6.45, 7) is 7.71. The van der Waals surface area contributed by atoms with Gasteiger partial charge in [0, 0.05) is 30.3 Å². The lowest BCUT2D eigenvalue weighted by molar-refractivity contribution is -0.116. The number of aliphatic hydroxyl groups is 1. The van der Waals surface area contributed by atoms with Crippen molar-refractivity contribution in [2.45, 2.75) is 52.2 Å². The van der Waals surface area contributed by atoms with Gasteiger partial charge in [-0.3, -0.25) is 23.9 Å². The molecule has 0 saturated carbocycles. The Bertz CT molecular complexity index is 1490. The number of aliphatic hydroxyl groups excluding tert-OH is 1. The first-order valence-corrected chi connectivity index (χ1v) is 12.6. The van der Waals surface area contributed by atoms with Crippen LogP contribution in [0.2, 0.25) is 0 Å². The Morgan fingerprint density at radius 1 is 1.16 bits per heavy atom. The van der Waals surface area contributed by atoms with Gasteiger partial charge >= 0.3 is 0 Å². The molecule has 0 spiro atoms. The lowest BCUT2D eigenvalue weighted by atomic mass is 10.0. The number of carbonyl (C=O) groups is 2. The Kier molecular flexibility index (Phi) is 6.96. The molecule has 11 heteroatoms. The second-order valence-corrected chi connectivity index (χ2v) is 10.1. The Morgan fingerprint density at radius 3 is 2.74 bits per heavy atom. The van der Waals surface area contributed by atoms with Gasteiger partial charge in [-0.25, -0.2) is 0 Å². The van der Waals surface area contributed by atoms with Crippen LogP contribution in [0.5, 0.6) is 0 Å². The summed E-state index contributed by atoms with van der Waals surface area (Å²) in [7, 11) is 0. The molecule has 5 rings (SSSR count). The van der Waals surface area contributed by atoms with Gasteiger partial charge < -0.3 is 20.2 Å². The van der Waals surface area contributed by atoms with E-state index in [1.807, 2.05) is 0 Å². The molecule has 1 aliphatic rings. The summed E-state index contributed by atoms with van der Waals surface area (Å²) in [5.41, 5.74) is 2.91. The summed E-state index contributed by atoms with van der Waals surface area (Å²) < 4.78 is 7.15. The number of anilines is 2. The zero-order valence-electron chi connectivity index (χ0n) is 21.7. The zero-order chi connectivity index (χ0) is 26.9. The van der Waals surface area contributed by atoms with Gasteiger partial charge in [-0.1, -0.05) is 0 Å². The highest BCUT2D eigenvalue weighted by Crippen LogP contribution is 2.28. The minimum absolute atomic E-state index is 0.0995. The van der Waals surface area contributed by atoms with Crippen molar-refractivity contribution in [1.82, 2.24) is 24.5 Å². The number of aromatic nitrogens is 4. The highest BCUT2D eigenvalue weighted by molar-refractivity contribution is 6.03. The van der Waals surface area contributed by atoms with Crippen molar-refractivity contribution in [2.75, 3.05) is 23.7 Å². The van der Waals surface area contributed by atoms with Gasteiger partial charge in [0.1, 0.15) is 18.1 Å². The van der Waals surface area contributed by atoms with E-state index >= 15 is 0 Å². The highest BCUT2D eigenvalue weighted by atomic mass is 16.4. The van der Waals surface area contributed by atoms with Crippen molar-refractivity contribution in [1.29, 1.82) is 0 Å². The van der Waals surface area contributed by atoms with Crippen molar-refractivity contribution in [3.05, 3.63) is 60.0 Å². The van der Waals surface area contributed by atoms with E-state index < -0.39 is 5.91 Å². The summed E-state index contributed by atoms with van der Waals surface area (Å²) in [4.78, 5) is 32.3. The average Bonchev–Trinajstić information content (AvgIpc) is 3.62. The number of fused-ring (bicyclic) bond motifs is 1. The largest absolute Gasteiger partial charge is 0.459 e. The molecular weight excluding hydrogens is 486 g/mol. The van der Waals surface area contributed by atoms with Crippen molar-refractivity contribution in [3.8, 4) is 11.3 Å². The number of aryl methyl sites for hydroxylation is 1. The van der Waals surface area contributed by atoms with Crippen LogP contribution in [0, 0.1) is 6.92 Å². The van der Waals surface area contributed by atoms with E-state index in [-0.39, 0.29) is 23.9 Å². The summed E-state index contributed by atoms with van der Waals surface area (Å²) in [6, 6.07) is 8.67. The van der Waals surface area contributed by atoms with Crippen LogP contribution in [0.1, 0.15) is 55.2 Å². The molecule has 4 aromatic heterocycles. The first-order chi connectivity index (χ1) is 18.2. The van der Waals surface area contributed by atoms with Crippen molar-refractivity contribution in [3.63, 3.8) is 0 Å². The topological polar surface area (TPSA) is 138 Å². The van der Waals surface area contributed by atoms with Crippen LogP contribution in [0.25, 0.3) is 17.0 Å². The second-order valence-electron chi connectivity index (χ2n) is 10.1. The monoisotopic (exact) mass is 517 g/mol. The van der Waals surface area contributed by atoms with Crippen LogP contribution in [-0.2, 0) is 11.4 Å². The van der Waals surface area contributed by atoms with Crippen molar-refractivity contribution in [2.24, 2.45) is 0 Å². The number of amides is 2. The molecule has 2 amide bonds. The van der Waals surface area contributed by atoms with Crippen LogP contribution in [-0.4, -0.2) is 60.0 Å². The van der Waals surface area contributed by atoms with Crippen LogP contribution in [0.4, 0.5) is 11.4 Å². The van der Waals surface area contributed by atoms with Gasteiger partial charge in [-0.05, 0) is 70.5 Å². The summed E-state index contributed by atoms with van der Waals surface area (Å²) >= 11 is 0. The fraction of sp³-hybridized carbons (Fsp3) is 0.370. The molecule has 3 N–H and O–H groups in total. The third kappa shape index (κ3) is 5.29. The minimum Gasteiger partial charge on any atom is -0.459 e. The van der Waals surface area contributed by atoms with Crippen molar-refractivity contribution >= 4 is 28.8 Å². The molecule has 4 aromatic rings. The maximum Gasteiger partial charge on any atom is 0.294 e. The molecule has 38 heavy (non-hydrogen) atoms. The Balaban J connectivity index is 1.26. The molecule has 5 heterocycles. The first-order valence-electron chi connectivity index (χ1n) is 12.6. The summed E-state index contributed by atoms with van der Waals surface area (Å²) in [5, 5.41) is 23.1. The van der Waals surface area contributed by atoms with Gasteiger partial charge in [0.2, 0.25) is 11.7 Å².